The van der Waals surface area contributed by atoms with Crippen LogP contribution in [-0.4, -0.2) is 70.0 Å². The average molecular weight is 1160 g/mol. The van der Waals surface area contributed by atoms with Crippen LogP contribution < -0.4 is 4.89 Å². The number of hydrogen-bond donors (Lipinski definition) is 0. The summed E-state index contributed by atoms with van der Waals surface area (Å²) < 4.78 is 34.3. The van der Waals surface area contributed by atoms with E-state index in [0.717, 1.165) is 103 Å². The number of quaternary nitrogens is 1. The number of phosphoric acid groups is 1. The Labute approximate surface area is 505 Å². The van der Waals surface area contributed by atoms with Gasteiger partial charge in [0.15, 0.2) is 6.10 Å². The van der Waals surface area contributed by atoms with Crippen LogP contribution >= 0.6 is 7.82 Å². The zero-order valence-corrected chi connectivity index (χ0v) is 54.3. The van der Waals surface area contributed by atoms with Crippen molar-refractivity contribution < 1.29 is 42.1 Å². The van der Waals surface area contributed by atoms with Crippen molar-refractivity contribution >= 4 is 19.8 Å². The number of esters is 2. The van der Waals surface area contributed by atoms with Crippen LogP contribution in [0.4, 0.5) is 0 Å². The number of allylic oxidation sites excluding steroid dienone is 20. The Bertz CT molecular complexity index is 1800. The third-order valence-electron chi connectivity index (χ3n) is 14.0. The van der Waals surface area contributed by atoms with E-state index in [1.54, 1.807) is 0 Å². The first-order chi connectivity index (χ1) is 40.0. The molecule has 0 saturated carbocycles. The van der Waals surface area contributed by atoms with Gasteiger partial charge in [-0.15, -0.1) is 0 Å². The minimum atomic E-state index is -4.65. The molecule has 82 heavy (non-hydrogen) atoms. The fraction of sp³-hybridized carbons (Fsp3) is 0.694. The Morgan fingerprint density at radius 3 is 1.04 bits per heavy atom. The number of rotatable bonds is 60. The lowest BCUT2D eigenvalue weighted by molar-refractivity contribution is -0.870. The summed E-state index contributed by atoms with van der Waals surface area (Å²) in [6.45, 7) is 4.11. The Morgan fingerprint density at radius 1 is 0.390 bits per heavy atom. The summed E-state index contributed by atoms with van der Waals surface area (Å²) in [5.74, 6) is -0.845. The molecule has 0 aromatic heterocycles. The maximum Gasteiger partial charge on any atom is 0.306 e. The van der Waals surface area contributed by atoms with E-state index in [1.807, 2.05) is 21.1 Å². The maximum atomic E-state index is 12.8. The van der Waals surface area contributed by atoms with Crippen LogP contribution in [-0.2, 0) is 32.7 Å². The summed E-state index contributed by atoms with van der Waals surface area (Å²) in [5, 5.41) is 0. The first-order valence-electron chi connectivity index (χ1n) is 33.2. The molecule has 0 aromatic carbocycles. The van der Waals surface area contributed by atoms with Crippen molar-refractivity contribution in [1.82, 2.24) is 0 Å². The molecule has 0 bridgehead atoms. The third kappa shape index (κ3) is 65.6. The van der Waals surface area contributed by atoms with Crippen molar-refractivity contribution in [3.8, 4) is 0 Å². The Hall–Kier alpha value is -3.59. The van der Waals surface area contributed by atoms with Crippen molar-refractivity contribution in [3.63, 3.8) is 0 Å². The van der Waals surface area contributed by atoms with Crippen molar-refractivity contribution in [2.45, 2.75) is 277 Å². The molecule has 0 fully saturated rings. The van der Waals surface area contributed by atoms with Gasteiger partial charge in [0.1, 0.15) is 19.8 Å². The number of carbonyl (C=O) groups is 2. The van der Waals surface area contributed by atoms with E-state index in [1.165, 1.54) is 135 Å². The van der Waals surface area contributed by atoms with Gasteiger partial charge in [-0.05, 0) is 109 Å². The Morgan fingerprint density at radius 2 is 0.695 bits per heavy atom. The topological polar surface area (TPSA) is 111 Å². The largest absolute Gasteiger partial charge is 0.756 e. The molecule has 0 rings (SSSR count). The number of ether oxygens (including phenoxy) is 2. The molecule has 0 aliphatic rings. The normalized spacial score (nSPS) is 14.0. The molecular weight excluding hydrogens is 1040 g/mol. The summed E-state index contributed by atoms with van der Waals surface area (Å²) in [6.07, 6.45) is 88.3. The molecule has 10 heteroatoms. The van der Waals surface area contributed by atoms with Crippen LogP contribution in [0.5, 0.6) is 0 Å². The third-order valence-corrected chi connectivity index (χ3v) is 14.9. The molecule has 0 amide bonds. The van der Waals surface area contributed by atoms with E-state index in [0.29, 0.717) is 17.4 Å². The second-order valence-corrected chi connectivity index (χ2v) is 24.5. The molecule has 0 aromatic rings. The second-order valence-electron chi connectivity index (χ2n) is 23.1. The van der Waals surface area contributed by atoms with Crippen molar-refractivity contribution in [2.75, 3.05) is 47.5 Å². The summed E-state index contributed by atoms with van der Waals surface area (Å²) in [7, 11) is 1.15. The van der Waals surface area contributed by atoms with Crippen LogP contribution in [0, 0.1) is 0 Å². The van der Waals surface area contributed by atoms with Gasteiger partial charge in [0.05, 0.1) is 27.7 Å². The molecule has 0 heterocycles. The molecule has 9 nitrogen and oxygen atoms in total. The lowest BCUT2D eigenvalue weighted by Crippen LogP contribution is -2.37. The van der Waals surface area contributed by atoms with E-state index >= 15 is 0 Å². The molecule has 0 N–H and O–H groups in total. The van der Waals surface area contributed by atoms with Gasteiger partial charge in [0, 0.05) is 12.8 Å². The van der Waals surface area contributed by atoms with Gasteiger partial charge in [0.2, 0.25) is 0 Å². The van der Waals surface area contributed by atoms with Crippen LogP contribution in [0.15, 0.2) is 122 Å². The Balaban J connectivity index is 4.15. The highest BCUT2D eigenvalue weighted by Gasteiger charge is 2.22. The van der Waals surface area contributed by atoms with Gasteiger partial charge in [-0.25, -0.2) is 0 Å². The summed E-state index contributed by atoms with van der Waals surface area (Å²) in [5.41, 5.74) is 0. The maximum absolute atomic E-state index is 12.8. The van der Waals surface area contributed by atoms with Crippen molar-refractivity contribution in [3.05, 3.63) is 122 Å². The lowest BCUT2D eigenvalue weighted by Gasteiger charge is -2.28. The molecule has 0 saturated heterocycles. The number of carbonyl (C=O) groups excluding carboxylic acids is 2. The Kier molecular flexibility index (Phi) is 59.2. The predicted molar refractivity (Wildman–Crippen MR) is 351 cm³/mol. The van der Waals surface area contributed by atoms with Crippen molar-refractivity contribution in [1.29, 1.82) is 0 Å². The first-order valence-corrected chi connectivity index (χ1v) is 34.7. The average Bonchev–Trinajstić information content (AvgIpc) is 3.46. The minimum Gasteiger partial charge on any atom is -0.756 e. The molecule has 0 aliphatic carbocycles. The quantitative estimate of drug-likeness (QED) is 0.0195. The number of likely N-dealkylation sites (N-methyl/N-ethyl adjacent to an activating group) is 1. The van der Waals surface area contributed by atoms with Crippen LogP contribution in [0.2, 0.25) is 0 Å². The number of unbranched alkanes of at least 4 members (excludes halogenated alkanes) is 26. The van der Waals surface area contributed by atoms with E-state index < -0.39 is 26.5 Å². The van der Waals surface area contributed by atoms with Gasteiger partial charge < -0.3 is 27.9 Å². The minimum absolute atomic E-state index is 0.0381. The van der Waals surface area contributed by atoms with Crippen molar-refractivity contribution in [2.24, 2.45) is 0 Å². The number of nitrogens with zero attached hydrogens (tertiary/aromatic N) is 1. The molecule has 2 atom stereocenters. The molecular formula is C72H124NO8P. The first kappa shape index (κ1) is 78.4. The van der Waals surface area contributed by atoms with Gasteiger partial charge in [-0.1, -0.05) is 270 Å². The van der Waals surface area contributed by atoms with Gasteiger partial charge >= 0.3 is 11.9 Å². The van der Waals surface area contributed by atoms with Gasteiger partial charge in [0.25, 0.3) is 7.82 Å². The molecule has 0 aliphatic heterocycles. The molecule has 2 unspecified atom stereocenters. The zero-order valence-electron chi connectivity index (χ0n) is 53.4. The van der Waals surface area contributed by atoms with Gasteiger partial charge in [-0.2, -0.15) is 0 Å². The SMILES string of the molecule is CC/C=C\C/C=C\C/C=C\C/C=C\C/C=C\C/C=C\C/C=C\C/C=C\CCCCCCCCCCC(=O)OC(COC(=O)CCCCCCCCCCCCCCC/C=C\C/C=C\CCCCCCC)COP(=O)([O-])OCC[N+](C)(C)C. The second kappa shape index (κ2) is 62.0. The molecule has 0 radical (unpaired) electrons. The highest BCUT2D eigenvalue weighted by molar-refractivity contribution is 7.45. The number of hydrogen-bond acceptors (Lipinski definition) is 8. The number of phosphoric ester groups is 1. The summed E-state index contributed by atoms with van der Waals surface area (Å²) in [6, 6.07) is 0. The van der Waals surface area contributed by atoms with Crippen LogP contribution in [0.3, 0.4) is 0 Å². The highest BCUT2D eigenvalue weighted by atomic mass is 31.2. The fourth-order valence-electron chi connectivity index (χ4n) is 8.88. The molecule has 470 valence electrons. The summed E-state index contributed by atoms with van der Waals surface area (Å²) in [4.78, 5) is 38.0. The highest BCUT2D eigenvalue weighted by Crippen LogP contribution is 2.38. The predicted octanol–water partition coefficient (Wildman–Crippen LogP) is 20.9. The summed E-state index contributed by atoms with van der Waals surface area (Å²) >= 11 is 0. The van der Waals surface area contributed by atoms with E-state index in [4.69, 9.17) is 18.5 Å². The van der Waals surface area contributed by atoms with Gasteiger partial charge in [-0.3, -0.25) is 14.2 Å². The van der Waals surface area contributed by atoms with E-state index in [-0.39, 0.29) is 32.0 Å². The fourth-order valence-corrected chi connectivity index (χ4v) is 9.61. The van der Waals surface area contributed by atoms with Crippen LogP contribution in [0.25, 0.3) is 0 Å². The van der Waals surface area contributed by atoms with E-state index in [9.17, 15) is 19.0 Å². The monoisotopic (exact) mass is 1160 g/mol. The zero-order chi connectivity index (χ0) is 59.8. The smallest absolute Gasteiger partial charge is 0.306 e. The van der Waals surface area contributed by atoms with Crippen LogP contribution in [0.1, 0.15) is 271 Å². The standard InChI is InChI=1S/C72H124NO8P/c1-6-8-10-12-14-16-18-20-22-24-26-28-30-32-33-34-35-36-37-38-39-41-43-45-47-49-51-53-55-57-59-61-63-65-72(75)81-70(69-80-82(76,77)79-67-66-73(3,4)5)68-78-71(74)64-62-60-58-56-54-52-50-48-46-44-42-40-31-29-27-25-23-21-19-17-15-13-11-9-7-2/h8,10,14,16,19-22,25-28,32-33,35-36,38-39,43,45,70H,6-7,9,11-13,15,17-18,23-24,29-31,34,37,40-42,44,46-69H2,1-5H3/b10-8-,16-14-,21-19-,22-20-,27-25-,28-26-,33-32-,36-35-,39-38-,45-43-. The lowest BCUT2D eigenvalue weighted by atomic mass is 10.0. The van der Waals surface area contributed by atoms with E-state index in [2.05, 4.69) is 135 Å². The molecule has 0 spiro atoms.